The van der Waals surface area contributed by atoms with Gasteiger partial charge >= 0.3 is 12.1 Å². The lowest BCUT2D eigenvalue weighted by atomic mass is 9.94. The zero-order chi connectivity index (χ0) is 24.0. The molecule has 0 spiro atoms. The molecule has 0 fully saturated rings. The normalized spacial score (nSPS) is 11.6. The molecule has 9 heteroatoms. The molecule has 0 saturated heterocycles. The molecule has 32 heavy (non-hydrogen) atoms. The fraction of sp³-hybridized carbons (Fsp3) is 0.217. The van der Waals surface area contributed by atoms with Crippen LogP contribution in [0.5, 0.6) is 0 Å². The molecular formula is C23H18Cl2F3NO3. The number of carboxylic acids is 1. The molecule has 3 aromatic rings. The molecule has 0 radical (unpaired) electrons. The number of carbonyl (C=O) groups is 1. The molecule has 1 aromatic heterocycles. The Balaban J connectivity index is 2.46. The number of aromatic carboxylic acids is 1. The van der Waals surface area contributed by atoms with Crippen molar-refractivity contribution in [3.05, 3.63) is 79.1 Å². The first-order chi connectivity index (χ1) is 14.9. The fourth-order valence-electron chi connectivity index (χ4n) is 3.80. The number of benzene rings is 2. The van der Waals surface area contributed by atoms with Gasteiger partial charge in [-0.1, -0.05) is 35.3 Å². The average molecular weight is 484 g/mol. The van der Waals surface area contributed by atoms with E-state index in [-0.39, 0.29) is 33.4 Å². The number of aryl methyl sites for hydroxylation is 1. The average Bonchev–Trinajstić information content (AvgIpc) is 2.68. The van der Waals surface area contributed by atoms with Gasteiger partial charge < -0.3 is 9.67 Å². The van der Waals surface area contributed by atoms with E-state index >= 15 is 0 Å². The van der Waals surface area contributed by atoms with Gasteiger partial charge in [-0.15, -0.1) is 0 Å². The molecule has 4 nitrogen and oxygen atoms in total. The Morgan fingerprint density at radius 1 is 1.03 bits per heavy atom. The molecule has 0 bridgehead atoms. The van der Waals surface area contributed by atoms with E-state index < -0.39 is 28.7 Å². The van der Waals surface area contributed by atoms with E-state index in [9.17, 15) is 27.9 Å². The Hall–Kier alpha value is -2.77. The van der Waals surface area contributed by atoms with Crippen LogP contribution in [0.1, 0.15) is 34.1 Å². The van der Waals surface area contributed by atoms with E-state index in [0.717, 1.165) is 12.1 Å². The number of halogens is 5. The summed E-state index contributed by atoms with van der Waals surface area (Å²) in [5.74, 6) is -1.50. The monoisotopic (exact) mass is 483 g/mol. The number of pyridine rings is 1. The Bertz CT molecular complexity index is 1300. The summed E-state index contributed by atoms with van der Waals surface area (Å²) in [6, 6.07) is 7.73. The molecule has 1 N–H and O–H groups in total. The molecular weight excluding hydrogens is 466 g/mol. The minimum atomic E-state index is -4.62. The minimum absolute atomic E-state index is 0.00483. The number of carboxylic acid groups (broad SMARTS) is 1. The molecule has 0 amide bonds. The molecule has 0 aliphatic heterocycles. The molecule has 2 aromatic carbocycles. The van der Waals surface area contributed by atoms with Crippen LogP contribution < -0.4 is 5.43 Å². The first-order valence-electron chi connectivity index (χ1n) is 9.52. The zero-order valence-electron chi connectivity index (χ0n) is 17.3. The number of hydrogen-bond acceptors (Lipinski definition) is 2. The fourth-order valence-corrected chi connectivity index (χ4v) is 4.10. The first kappa shape index (κ1) is 23.9. The summed E-state index contributed by atoms with van der Waals surface area (Å²) in [5, 5.41) is 10.3. The number of alkyl halides is 3. The third-order valence-corrected chi connectivity index (χ3v) is 5.88. The number of hydrogen-bond donors (Lipinski definition) is 1. The maximum atomic E-state index is 13.4. The lowest BCUT2D eigenvalue weighted by Gasteiger charge is -2.22. The van der Waals surface area contributed by atoms with Crippen LogP contribution in [0, 0.1) is 13.8 Å². The van der Waals surface area contributed by atoms with E-state index in [0.29, 0.717) is 16.8 Å². The number of nitrogens with zero attached hydrogens (tertiary/aromatic N) is 1. The van der Waals surface area contributed by atoms with Gasteiger partial charge in [0.05, 0.1) is 21.3 Å². The smallest absolute Gasteiger partial charge is 0.416 e. The quantitative estimate of drug-likeness (QED) is 0.441. The van der Waals surface area contributed by atoms with Crippen molar-refractivity contribution in [3.63, 3.8) is 0 Å². The summed E-state index contributed by atoms with van der Waals surface area (Å²) in [6.45, 7) is 5.05. The predicted octanol–water partition coefficient (Wildman–Crippen LogP) is 6.84. The molecule has 0 saturated carbocycles. The van der Waals surface area contributed by atoms with Crippen molar-refractivity contribution in [2.75, 3.05) is 0 Å². The number of rotatable bonds is 4. The van der Waals surface area contributed by atoms with Crippen molar-refractivity contribution >= 4 is 29.2 Å². The van der Waals surface area contributed by atoms with Gasteiger partial charge in [-0.3, -0.25) is 4.79 Å². The van der Waals surface area contributed by atoms with Crippen LogP contribution in [0.3, 0.4) is 0 Å². The van der Waals surface area contributed by atoms with Crippen LogP contribution in [0.4, 0.5) is 13.2 Å². The van der Waals surface area contributed by atoms with Crippen molar-refractivity contribution in [2.24, 2.45) is 0 Å². The van der Waals surface area contributed by atoms with Crippen LogP contribution in [0.2, 0.25) is 10.0 Å². The largest absolute Gasteiger partial charge is 0.477 e. The van der Waals surface area contributed by atoms with Gasteiger partial charge in [-0.05, 0) is 56.2 Å². The highest BCUT2D eigenvalue weighted by Crippen LogP contribution is 2.36. The SMILES string of the molecule is CCn1c(C)c(-c2cc(C)cc(C(F)(F)F)c2)c(=O)c(C(=O)O)c1-c1ccc(Cl)c(Cl)c1. The summed E-state index contributed by atoms with van der Waals surface area (Å²) >= 11 is 12.1. The molecule has 0 aliphatic rings. The second-order valence-corrected chi connectivity index (χ2v) is 8.09. The maximum Gasteiger partial charge on any atom is 0.416 e. The van der Waals surface area contributed by atoms with E-state index in [1.807, 2.05) is 0 Å². The van der Waals surface area contributed by atoms with Crippen molar-refractivity contribution in [3.8, 4) is 22.4 Å². The highest BCUT2D eigenvalue weighted by molar-refractivity contribution is 6.42. The second kappa shape index (κ2) is 8.64. The summed E-state index contributed by atoms with van der Waals surface area (Å²) in [6.07, 6.45) is -4.62. The first-order valence-corrected chi connectivity index (χ1v) is 10.3. The van der Waals surface area contributed by atoms with Gasteiger partial charge in [0.1, 0.15) is 5.56 Å². The third-order valence-electron chi connectivity index (χ3n) is 5.14. The summed E-state index contributed by atoms with van der Waals surface area (Å²) in [7, 11) is 0. The van der Waals surface area contributed by atoms with Crippen LogP contribution in [0.25, 0.3) is 22.4 Å². The predicted molar refractivity (Wildman–Crippen MR) is 119 cm³/mol. The van der Waals surface area contributed by atoms with E-state index in [1.165, 1.54) is 31.2 Å². The van der Waals surface area contributed by atoms with Crippen molar-refractivity contribution in [1.29, 1.82) is 0 Å². The molecule has 0 aliphatic carbocycles. The molecule has 0 atom stereocenters. The minimum Gasteiger partial charge on any atom is -0.477 e. The Kier molecular flexibility index (Phi) is 6.45. The topological polar surface area (TPSA) is 59.3 Å². The van der Waals surface area contributed by atoms with Crippen LogP contribution in [-0.2, 0) is 12.7 Å². The lowest BCUT2D eigenvalue weighted by Crippen LogP contribution is -2.25. The molecule has 1 heterocycles. The molecule has 3 rings (SSSR count). The van der Waals surface area contributed by atoms with Gasteiger partial charge in [0, 0.05) is 23.4 Å². The zero-order valence-corrected chi connectivity index (χ0v) is 18.8. The lowest BCUT2D eigenvalue weighted by molar-refractivity contribution is -0.137. The van der Waals surface area contributed by atoms with Crippen molar-refractivity contribution in [2.45, 2.75) is 33.5 Å². The van der Waals surface area contributed by atoms with Crippen molar-refractivity contribution in [1.82, 2.24) is 4.57 Å². The summed E-state index contributed by atoms with van der Waals surface area (Å²) in [4.78, 5) is 25.6. The molecule has 0 unspecified atom stereocenters. The standard InChI is InChI=1S/C23H18Cl2F3NO3/c1-4-29-12(3)18(14-7-11(2)8-15(9-14)23(26,27)28)21(30)19(22(31)32)20(29)13-5-6-16(24)17(25)10-13/h5-10H,4H2,1-3H3,(H,31,32). The van der Waals surface area contributed by atoms with E-state index in [4.69, 9.17) is 23.2 Å². The van der Waals surface area contributed by atoms with E-state index in [2.05, 4.69) is 0 Å². The Labute approximate surface area is 191 Å². The van der Waals surface area contributed by atoms with Gasteiger partial charge in [0.2, 0.25) is 5.43 Å². The summed E-state index contributed by atoms with van der Waals surface area (Å²) < 4.78 is 41.7. The number of aromatic nitrogens is 1. The third kappa shape index (κ3) is 4.27. The van der Waals surface area contributed by atoms with Gasteiger partial charge in [0.25, 0.3) is 0 Å². The van der Waals surface area contributed by atoms with Crippen LogP contribution in [0.15, 0.2) is 41.2 Å². The maximum absolute atomic E-state index is 13.4. The van der Waals surface area contributed by atoms with Crippen LogP contribution in [-0.4, -0.2) is 15.6 Å². The highest BCUT2D eigenvalue weighted by atomic mass is 35.5. The van der Waals surface area contributed by atoms with Gasteiger partial charge in [0.15, 0.2) is 0 Å². The Morgan fingerprint density at radius 3 is 2.22 bits per heavy atom. The van der Waals surface area contributed by atoms with Gasteiger partial charge in [-0.25, -0.2) is 4.79 Å². The second-order valence-electron chi connectivity index (χ2n) is 7.28. The molecule has 168 valence electrons. The van der Waals surface area contributed by atoms with Crippen molar-refractivity contribution < 1.29 is 23.1 Å². The Morgan fingerprint density at radius 2 is 1.69 bits per heavy atom. The summed E-state index contributed by atoms with van der Waals surface area (Å²) in [5.41, 5.74) is -1.35. The van der Waals surface area contributed by atoms with Crippen LogP contribution >= 0.6 is 23.2 Å². The van der Waals surface area contributed by atoms with E-state index in [1.54, 1.807) is 18.4 Å². The highest BCUT2D eigenvalue weighted by Gasteiger charge is 2.32. The van der Waals surface area contributed by atoms with Gasteiger partial charge in [-0.2, -0.15) is 13.2 Å².